The van der Waals surface area contributed by atoms with Gasteiger partial charge in [-0.05, 0) is 33.8 Å². The lowest BCUT2D eigenvalue weighted by atomic mass is 10.1. The van der Waals surface area contributed by atoms with Crippen LogP contribution in [0.2, 0.25) is 0 Å². The van der Waals surface area contributed by atoms with E-state index in [4.69, 9.17) is 0 Å². The molecule has 0 atom stereocenters. The Labute approximate surface area is 119 Å². The van der Waals surface area contributed by atoms with Crippen LogP contribution in [0, 0.1) is 13.8 Å². The van der Waals surface area contributed by atoms with Gasteiger partial charge >= 0.3 is 0 Å². The van der Waals surface area contributed by atoms with E-state index in [0.29, 0.717) is 19.0 Å². The third-order valence-corrected chi connectivity index (χ3v) is 3.49. The Balaban J connectivity index is 2.27. The minimum atomic E-state index is 0.152. The number of hydrogen-bond donors (Lipinski definition) is 0. The van der Waals surface area contributed by atoms with Gasteiger partial charge < -0.3 is 0 Å². The molecule has 0 fully saturated rings. The topological polar surface area (TPSA) is 52.7 Å². The molecule has 2 heterocycles. The Morgan fingerprint density at radius 1 is 1.30 bits per heavy atom. The maximum atomic E-state index is 11.9. The van der Waals surface area contributed by atoms with Gasteiger partial charge in [-0.1, -0.05) is 6.92 Å². The van der Waals surface area contributed by atoms with Gasteiger partial charge in [-0.2, -0.15) is 10.2 Å². The van der Waals surface area contributed by atoms with E-state index >= 15 is 0 Å². The first-order valence-electron chi connectivity index (χ1n) is 7.05. The second kappa shape index (κ2) is 5.61. The van der Waals surface area contributed by atoms with Crippen molar-refractivity contribution in [2.45, 2.75) is 53.6 Å². The molecule has 0 radical (unpaired) electrons. The van der Waals surface area contributed by atoms with Crippen molar-refractivity contribution in [1.29, 1.82) is 0 Å². The molecule has 0 aliphatic carbocycles. The molecule has 20 heavy (non-hydrogen) atoms. The van der Waals surface area contributed by atoms with E-state index in [1.165, 1.54) is 0 Å². The van der Waals surface area contributed by atoms with E-state index in [0.717, 1.165) is 22.6 Å². The molecule has 0 unspecified atom stereocenters. The Kier molecular flexibility index (Phi) is 4.06. The lowest BCUT2D eigenvalue weighted by Crippen LogP contribution is -2.08. The molecule has 5 heteroatoms. The molecule has 0 aliphatic rings. The number of ketones is 1. The highest BCUT2D eigenvalue weighted by atomic mass is 16.1. The number of Topliss-reactive ketones (excluding diaryl/α,β-unsaturated/α-hetero) is 1. The van der Waals surface area contributed by atoms with Crippen LogP contribution in [0.4, 0.5) is 0 Å². The Morgan fingerprint density at radius 2 is 2.00 bits per heavy atom. The number of aromatic nitrogens is 4. The van der Waals surface area contributed by atoms with Gasteiger partial charge in [0.2, 0.25) is 0 Å². The highest BCUT2D eigenvalue weighted by molar-refractivity contribution is 5.97. The summed E-state index contributed by atoms with van der Waals surface area (Å²) in [5.74, 6) is 0.152. The summed E-state index contributed by atoms with van der Waals surface area (Å²) < 4.78 is 3.80. The second-order valence-electron chi connectivity index (χ2n) is 5.36. The summed E-state index contributed by atoms with van der Waals surface area (Å²) in [5, 5.41) is 9.00. The predicted molar refractivity (Wildman–Crippen MR) is 78.0 cm³/mol. The van der Waals surface area contributed by atoms with Crippen molar-refractivity contribution in [3.63, 3.8) is 0 Å². The molecule has 0 spiro atoms. The summed E-state index contributed by atoms with van der Waals surface area (Å²) in [6.45, 7) is 10.5. The summed E-state index contributed by atoms with van der Waals surface area (Å²) in [6, 6.07) is 2.35. The van der Waals surface area contributed by atoms with Crippen molar-refractivity contribution in [3.8, 4) is 0 Å². The first-order chi connectivity index (χ1) is 9.43. The quantitative estimate of drug-likeness (QED) is 0.788. The van der Waals surface area contributed by atoms with E-state index in [-0.39, 0.29) is 5.78 Å². The van der Waals surface area contributed by atoms with Crippen molar-refractivity contribution in [2.24, 2.45) is 0 Å². The highest BCUT2D eigenvalue weighted by Gasteiger charge is 2.17. The van der Waals surface area contributed by atoms with Crippen LogP contribution in [-0.2, 0) is 6.54 Å². The molecular formula is C15H22N4O. The van der Waals surface area contributed by atoms with Crippen LogP contribution in [0.15, 0.2) is 12.3 Å². The first-order valence-corrected chi connectivity index (χ1v) is 7.05. The number of rotatable bonds is 5. The maximum Gasteiger partial charge on any atom is 0.166 e. The largest absolute Gasteiger partial charge is 0.294 e. The standard InChI is InChI=1S/C15H22N4O/c1-6-14(20)15-11(4)16-19(12(15)5)9-13-7-8-18(17-13)10(2)3/h7-8,10H,6,9H2,1-5H3. The fourth-order valence-corrected chi connectivity index (χ4v) is 2.33. The molecule has 0 aromatic carbocycles. The van der Waals surface area contributed by atoms with Crippen molar-refractivity contribution in [2.75, 3.05) is 0 Å². The van der Waals surface area contributed by atoms with E-state index in [1.807, 2.05) is 42.4 Å². The van der Waals surface area contributed by atoms with Crippen LogP contribution in [0.5, 0.6) is 0 Å². The summed E-state index contributed by atoms with van der Waals surface area (Å²) in [6.07, 6.45) is 2.49. The maximum absolute atomic E-state index is 11.9. The number of nitrogens with zero attached hydrogens (tertiary/aromatic N) is 4. The fourth-order valence-electron chi connectivity index (χ4n) is 2.33. The monoisotopic (exact) mass is 274 g/mol. The predicted octanol–water partition coefficient (Wildman–Crippen LogP) is 2.92. The van der Waals surface area contributed by atoms with Gasteiger partial charge in [0.25, 0.3) is 0 Å². The van der Waals surface area contributed by atoms with Crippen molar-refractivity contribution < 1.29 is 4.79 Å². The first kappa shape index (κ1) is 14.5. The average molecular weight is 274 g/mol. The zero-order chi connectivity index (χ0) is 14.9. The number of carbonyl (C=O) groups excluding carboxylic acids is 1. The lowest BCUT2D eigenvalue weighted by Gasteiger charge is -2.05. The van der Waals surface area contributed by atoms with Gasteiger partial charge in [-0.3, -0.25) is 14.2 Å². The molecule has 0 bridgehead atoms. The summed E-state index contributed by atoms with van der Waals surface area (Å²) in [5.41, 5.74) is 3.45. The van der Waals surface area contributed by atoms with Crippen LogP contribution < -0.4 is 0 Å². The van der Waals surface area contributed by atoms with Crippen molar-refractivity contribution in [1.82, 2.24) is 19.6 Å². The third-order valence-electron chi connectivity index (χ3n) is 3.49. The molecule has 2 aromatic heterocycles. The molecule has 0 N–H and O–H groups in total. The molecule has 0 aliphatic heterocycles. The van der Waals surface area contributed by atoms with E-state index in [2.05, 4.69) is 24.0 Å². The van der Waals surface area contributed by atoms with Gasteiger partial charge in [0.05, 0.1) is 23.5 Å². The minimum Gasteiger partial charge on any atom is -0.294 e. The highest BCUT2D eigenvalue weighted by Crippen LogP contribution is 2.16. The number of aryl methyl sites for hydroxylation is 1. The van der Waals surface area contributed by atoms with Crippen molar-refractivity contribution in [3.05, 3.63) is 34.9 Å². The summed E-state index contributed by atoms with van der Waals surface area (Å²) in [7, 11) is 0. The van der Waals surface area contributed by atoms with E-state index in [1.54, 1.807) is 0 Å². The molecule has 2 rings (SSSR count). The van der Waals surface area contributed by atoms with E-state index < -0.39 is 0 Å². The van der Waals surface area contributed by atoms with Crippen LogP contribution in [-0.4, -0.2) is 25.3 Å². The molecular weight excluding hydrogens is 252 g/mol. The average Bonchev–Trinajstić information content (AvgIpc) is 2.96. The Bertz CT molecular complexity index is 622. The summed E-state index contributed by atoms with van der Waals surface area (Å²) >= 11 is 0. The van der Waals surface area contributed by atoms with Gasteiger partial charge in [-0.25, -0.2) is 0 Å². The number of hydrogen-bond acceptors (Lipinski definition) is 3. The zero-order valence-electron chi connectivity index (χ0n) is 12.8. The SMILES string of the molecule is CCC(=O)c1c(C)nn(Cc2ccn(C(C)C)n2)c1C. The zero-order valence-corrected chi connectivity index (χ0v) is 12.8. The van der Waals surface area contributed by atoms with Crippen LogP contribution >= 0.6 is 0 Å². The molecule has 5 nitrogen and oxygen atoms in total. The van der Waals surface area contributed by atoms with Crippen LogP contribution in [0.3, 0.4) is 0 Å². The number of carbonyl (C=O) groups is 1. The van der Waals surface area contributed by atoms with Gasteiger partial charge in [-0.15, -0.1) is 0 Å². The Morgan fingerprint density at radius 3 is 2.55 bits per heavy atom. The van der Waals surface area contributed by atoms with Crippen molar-refractivity contribution >= 4 is 5.78 Å². The van der Waals surface area contributed by atoms with Gasteiger partial charge in [0, 0.05) is 24.4 Å². The van der Waals surface area contributed by atoms with Gasteiger partial charge in [0.1, 0.15) is 0 Å². The van der Waals surface area contributed by atoms with Crippen LogP contribution in [0.1, 0.15) is 60.7 Å². The lowest BCUT2D eigenvalue weighted by molar-refractivity contribution is 0.0987. The Hall–Kier alpha value is -1.91. The van der Waals surface area contributed by atoms with Gasteiger partial charge in [0.15, 0.2) is 5.78 Å². The second-order valence-corrected chi connectivity index (χ2v) is 5.36. The molecule has 0 saturated carbocycles. The summed E-state index contributed by atoms with van der Waals surface area (Å²) in [4.78, 5) is 11.9. The van der Waals surface area contributed by atoms with Crippen LogP contribution in [0.25, 0.3) is 0 Å². The molecule has 2 aromatic rings. The third kappa shape index (κ3) is 2.66. The smallest absolute Gasteiger partial charge is 0.166 e. The minimum absolute atomic E-state index is 0.152. The van der Waals surface area contributed by atoms with E-state index in [9.17, 15) is 4.79 Å². The normalized spacial score (nSPS) is 11.3. The molecule has 0 amide bonds. The fraction of sp³-hybridized carbons (Fsp3) is 0.533. The molecule has 0 saturated heterocycles. The molecule has 108 valence electrons.